The molecule has 0 spiro atoms. The summed E-state index contributed by atoms with van der Waals surface area (Å²) < 4.78 is 0. The Morgan fingerprint density at radius 2 is 0.313 bits per heavy atom. The highest BCUT2D eigenvalue weighted by atomic mass is 16.8. The van der Waals surface area contributed by atoms with Crippen molar-refractivity contribution in [2.75, 3.05) is 14.1 Å². The summed E-state index contributed by atoms with van der Waals surface area (Å²) in [6.07, 6.45) is 79.7. The van der Waals surface area contributed by atoms with Crippen LogP contribution in [-0.2, 0) is 4.94 Å². The van der Waals surface area contributed by atoms with Crippen molar-refractivity contribution in [3.05, 3.63) is 0 Å². The summed E-state index contributed by atoms with van der Waals surface area (Å²) in [7, 11) is 4.58. The van der Waals surface area contributed by atoms with Gasteiger partial charge in [0.05, 0.1) is 0 Å². The lowest BCUT2D eigenvalue weighted by molar-refractivity contribution is -0.336. The van der Waals surface area contributed by atoms with Crippen molar-refractivity contribution in [2.24, 2.45) is 0 Å². The highest BCUT2D eigenvalue weighted by molar-refractivity contribution is 4.68. The molecule has 0 radical (unpaired) electrons. The largest absolute Gasteiger partial charge is 0.208 e. The summed E-state index contributed by atoms with van der Waals surface area (Å²) in [5.41, 5.74) is 0. The van der Waals surface area contributed by atoms with Crippen LogP contribution in [0.5, 0.6) is 0 Å². The maximum absolute atomic E-state index is 6.90. The van der Waals surface area contributed by atoms with E-state index in [1.54, 1.807) is 0 Å². The molecule has 0 aliphatic heterocycles. The van der Waals surface area contributed by atoms with Gasteiger partial charge < -0.3 is 0 Å². The third-order valence-electron chi connectivity index (χ3n) is 15.8. The molecule has 3 nitrogen and oxygen atoms in total. The Balaban J connectivity index is 4.98. The number of hydrogen-bond donors (Lipinski definition) is 0. The fourth-order valence-corrected chi connectivity index (χ4v) is 10.9. The first-order valence-electron chi connectivity index (χ1n) is 32.2. The molecule has 0 N–H and O–H groups in total. The van der Waals surface area contributed by atoms with Gasteiger partial charge in [0, 0.05) is 26.2 Å². The van der Waals surface area contributed by atoms with Crippen LogP contribution in [0.2, 0.25) is 0 Å². The van der Waals surface area contributed by atoms with E-state index in [1.807, 2.05) is 0 Å². The van der Waals surface area contributed by atoms with E-state index in [0.717, 1.165) is 0 Å². The molecule has 0 aliphatic carbocycles. The average Bonchev–Trinajstić information content (AvgIpc) is 3.33. The summed E-state index contributed by atoms with van der Waals surface area (Å²) in [4.78, 5) is 6.90. The van der Waals surface area contributed by atoms with Crippen molar-refractivity contribution in [3.8, 4) is 0 Å². The molecule has 2 unspecified atom stereocenters. The first-order valence-corrected chi connectivity index (χ1v) is 32.2. The molecule has 404 valence electrons. The highest BCUT2D eigenvalue weighted by Crippen LogP contribution is 2.24. The topological polar surface area (TPSA) is 15.7 Å². The first kappa shape index (κ1) is 66.9. The first-order chi connectivity index (χ1) is 33.1. The van der Waals surface area contributed by atoms with Crippen LogP contribution in [0.4, 0.5) is 0 Å². The van der Waals surface area contributed by atoms with Gasteiger partial charge in [-0.3, -0.25) is 0 Å². The third kappa shape index (κ3) is 52.0. The van der Waals surface area contributed by atoms with Crippen LogP contribution in [0, 0.1) is 0 Å². The molecule has 67 heavy (non-hydrogen) atoms. The Bertz CT molecular complexity index is 795. The van der Waals surface area contributed by atoms with E-state index in [-0.39, 0.29) is 0 Å². The second kappa shape index (κ2) is 58.5. The van der Waals surface area contributed by atoms with Crippen LogP contribution in [-0.4, -0.2) is 36.3 Å². The number of rotatable bonds is 60. The van der Waals surface area contributed by atoms with E-state index in [4.69, 9.17) is 4.94 Å². The number of nitrogens with zero attached hydrogens (tertiary/aromatic N) is 2. The van der Waals surface area contributed by atoms with E-state index in [0.29, 0.717) is 12.1 Å². The van der Waals surface area contributed by atoms with Crippen molar-refractivity contribution >= 4 is 0 Å². The van der Waals surface area contributed by atoms with Gasteiger partial charge in [-0.15, -0.1) is 0 Å². The van der Waals surface area contributed by atoms with Crippen LogP contribution in [0.3, 0.4) is 0 Å². The van der Waals surface area contributed by atoms with Gasteiger partial charge in [0.2, 0.25) is 0 Å². The predicted molar refractivity (Wildman–Crippen MR) is 305 cm³/mol. The fourth-order valence-electron chi connectivity index (χ4n) is 10.9. The minimum atomic E-state index is 0.538. The zero-order valence-electron chi connectivity index (χ0n) is 48.1. The van der Waals surface area contributed by atoms with Crippen LogP contribution in [0.1, 0.15) is 387 Å². The summed E-state index contributed by atoms with van der Waals surface area (Å²) >= 11 is 0. The minimum Gasteiger partial charge on any atom is -0.208 e. The van der Waals surface area contributed by atoms with Gasteiger partial charge in [-0.2, -0.15) is 10.1 Å². The van der Waals surface area contributed by atoms with E-state index in [2.05, 4.69) is 51.9 Å². The summed E-state index contributed by atoms with van der Waals surface area (Å²) in [5.74, 6) is 0. The van der Waals surface area contributed by atoms with Crippen molar-refractivity contribution in [1.82, 2.24) is 10.1 Å². The van der Waals surface area contributed by atoms with Gasteiger partial charge in [-0.25, -0.2) is 4.94 Å². The van der Waals surface area contributed by atoms with Crippen LogP contribution >= 0.6 is 0 Å². The zero-order valence-corrected chi connectivity index (χ0v) is 48.1. The molecular weight excluding hydrogens is 813 g/mol. The maximum atomic E-state index is 6.90. The predicted octanol–water partition coefficient (Wildman–Crippen LogP) is 23.4. The molecule has 0 fully saturated rings. The molecular formula is C64H132N2O. The van der Waals surface area contributed by atoms with Gasteiger partial charge in [0.25, 0.3) is 0 Å². The van der Waals surface area contributed by atoms with Crippen molar-refractivity contribution in [1.29, 1.82) is 0 Å². The third-order valence-corrected chi connectivity index (χ3v) is 15.8. The van der Waals surface area contributed by atoms with E-state index >= 15 is 0 Å². The van der Waals surface area contributed by atoms with Crippen LogP contribution in [0.25, 0.3) is 0 Å². The van der Waals surface area contributed by atoms with Gasteiger partial charge in [-0.1, -0.05) is 362 Å². The summed E-state index contributed by atoms with van der Waals surface area (Å²) in [6, 6.07) is 1.08. The molecule has 2 atom stereocenters. The lowest BCUT2D eigenvalue weighted by Gasteiger charge is -2.34. The number of hydroxylamine groups is 4. The van der Waals surface area contributed by atoms with Crippen molar-refractivity contribution < 1.29 is 4.94 Å². The SMILES string of the molecule is CCCCCCCCCCCCCCCCC(CCCCCCCCCCCCCC)N(C)ON(C)C(CCCCCCCCCCCCCC)CCCCCCCCCCCCCCCC. The van der Waals surface area contributed by atoms with Crippen LogP contribution < -0.4 is 0 Å². The standard InChI is InChI=1S/C64H132N2O/c1-7-11-15-19-23-27-31-35-37-41-45-49-53-57-61-63(59-55-51-47-43-39-33-29-25-21-17-13-9-3)65(5)67-66(6)64(60-56-52-48-44-40-34-30-26-22-18-14-10-4)62-58-54-50-46-42-38-36-32-28-24-20-16-12-8-2/h63-64H,7-62H2,1-6H3. The van der Waals surface area contributed by atoms with Gasteiger partial charge in [-0.05, 0) is 25.7 Å². The molecule has 0 bridgehead atoms. The quantitative estimate of drug-likeness (QED) is 0.0446. The average molecular weight is 946 g/mol. The number of unbranched alkanes of at least 4 members (excludes halogenated alkanes) is 48. The lowest BCUT2D eigenvalue weighted by atomic mass is 9.99. The number of hydrogen-bond acceptors (Lipinski definition) is 3. The molecule has 0 aliphatic rings. The fraction of sp³-hybridized carbons (Fsp3) is 1.00. The summed E-state index contributed by atoms with van der Waals surface area (Å²) in [6.45, 7) is 9.29. The Labute approximate surface area is 426 Å². The molecule has 0 rings (SSSR count). The second-order valence-electron chi connectivity index (χ2n) is 22.6. The Morgan fingerprint density at radius 3 is 0.448 bits per heavy atom. The molecule has 0 amide bonds. The zero-order chi connectivity index (χ0) is 48.6. The van der Waals surface area contributed by atoms with E-state index in [1.165, 1.54) is 360 Å². The van der Waals surface area contributed by atoms with Gasteiger partial charge in [0.15, 0.2) is 0 Å². The molecule has 0 aromatic heterocycles. The van der Waals surface area contributed by atoms with Gasteiger partial charge in [0.1, 0.15) is 0 Å². The van der Waals surface area contributed by atoms with Crippen molar-refractivity contribution in [3.63, 3.8) is 0 Å². The Morgan fingerprint density at radius 1 is 0.194 bits per heavy atom. The smallest absolute Gasteiger partial charge is 0.0368 e. The van der Waals surface area contributed by atoms with Crippen molar-refractivity contribution in [2.45, 2.75) is 399 Å². The van der Waals surface area contributed by atoms with E-state index < -0.39 is 0 Å². The molecule has 0 saturated carbocycles. The van der Waals surface area contributed by atoms with Gasteiger partial charge >= 0.3 is 0 Å². The highest BCUT2D eigenvalue weighted by Gasteiger charge is 2.22. The minimum absolute atomic E-state index is 0.538. The maximum Gasteiger partial charge on any atom is 0.0368 e. The molecule has 0 heterocycles. The Kier molecular flexibility index (Phi) is 58.3. The monoisotopic (exact) mass is 945 g/mol. The second-order valence-corrected chi connectivity index (χ2v) is 22.6. The molecule has 3 heteroatoms. The molecule has 0 saturated heterocycles. The molecule has 0 aromatic rings. The van der Waals surface area contributed by atoms with Crippen LogP contribution in [0.15, 0.2) is 0 Å². The Hall–Kier alpha value is -0.120. The molecule has 0 aromatic carbocycles. The summed E-state index contributed by atoms with van der Waals surface area (Å²) in [5, 5.41) is 4.67. The van der Waals surface area contributed by atoms with E-state index in [9.17, 15) is 0 Å². The normalized spacial score (nSPS) is 12.9. The lowest BCUT2D eigenvalue weighted by Crippen LogP contribution is -2.42.